The number of thioether (sulfide) groups is 1. The number of aromatic nitrogens is 3. The first-order chi connectivity index (χ1) is 14.0. The fourth-order valence-electron chi connectivity index (χ4n) is 2.85. The van der Waals surface area contributed by atoms with E-state index < -0.39 is 10.9 Å². The molecule has 0 fully saturated rings. The largest absolute Gasteiger partial charge is 0.477 e. The number of nitrogens with one attached hydrogen (secondary N) is 1. The van der Waals surface area contributed by atoms with Crippen molar-refractivity contribution in [2.45, 2.75) is 5.16 Å². The van der Waals surface area contributed by atoms with Crippen molar-refractivity contribution >= 4 is 40.5 Å². The molecule has 2 aromatic carbocycles. The van der Waals surface area contributed by atoms with Gasteiger partial charge in [0.05, 0.1) is 21.6 Å². The molecule has 0 aliphatic heterocycles. The molecule has 2 heterocycles. The lowest BCUT2D eigenvalue weighted by atomic mass is 10.2. The van der Waals surface area contributed by atoms with Gasteiger partial charge in [0.2, 0.25) is 0 Å². The van der Waals surface area contributed by atoms with E-state index in [2.05, 4.69) is 9.97 Å². The van der Waals surface area contributed by atoms with Gasteiger partial charge < -0.3 is 14.7 Å². The Morgan fingerprint density at radius 2 is 2.00 bits per heavy atom. The average Bonchev–Trinajstić information content (AvgIpc) is 3.33. The minimum atomic E-state index is -1.10. The Bertz CT molecular complexity index is 1230. The highest BCUT2D eigenvalue weighted by atomic mass is 32.2. The van der Waals surface area contributed by atoms with Crippen molar-refractivity contribution in [1.29, 1.82) is 0 Å². The highest BCUT2D eigenvalue weighted by Gasteiger charge is 2.15. The minimum Gasteiger partial charge on any atom is -0.477 e. The Kier molecular flexibility index (Phi) is 4.88. The van der Waals surface area contributed by atoms with Crippen molar-refractivity contribution in [1.82, 2.24) is 14.5 Å². The number of imidazole rings is 1. The highest BCUT2D eigenvalue weighted by molar-refractivity contribution is 8.04. The molecule has 0 saturated carbocycles. The third-order valence-corrected chi connectivity index (χ3v) is 5.06. The van der Waals surface area contributed by atoms with Crippen LogP contribution >= 0.6 is 11.8 Å². The van der Waals surface area contributed by atoms with Crippen LogP contribution in [0.15, 0.2) is 76.9 Å². The third-order valence-electron chi connectivity index (χ3n) is 4.16. The first-order valence-electron chi connectivity index (χ1n) is 8.51. The van der Waals surface area contributed by atoms with E-state index in [-0.39, 0.29) is 10.6 Å². The molecule has 0 saturated heterocycles. The fourth-order valence-corrected chi connectivity index (χ4v) is 3.63. The summed E-state index contributed by atoms with van der Waals surface area (Å²) in [5, 5.41) is 21.2. The van der Waals surface area contributed by atoms with Crippen molar-refractivity contribution in [2.24, 2.45) is 0 Å². The van der Waals surface area contributed by atoms with E-state index in [1.54, 1.807) is 35.0 Å². The van der Waals surface area contributed by atoms with Gasteiger partial charge in [-0.1, -0.05) is 18.2 Å². The Morgan fingerprint density at radius 3 is 2.76 bits per heavy atom. The van der Waals surface area contributed by atoms with Crippen LogP contribution in [-0.4, -0.2) is 30.5 Å². The van der Waals surface area contributed by atoms with E-state index >= 15 is 0 Å². The lowest BCUT2D eigenvalue weighted by Crippen LogP contribution is -2.00. The molecule has 2 N–H and O–H groups in total. The summed E-state index contributed by atoms with van der Waals surface area (Å²) in [5.41, 5.74) is 2.67. The van der Waals surface area contributed by atoms with Crippen LogP contribution in [0.1, 0.15) is 5.69 Å². The molecule has 0 bridgehead atoms. The smallest absolute Gasteiger partial charge is 0.342 e. The van der Waals surface area contributed by atoms with Gasteiger partial charge in [-0.3, -0.25) is 10.1 Å². The molecule has 0 amide bonds. The number of nitrogens with zero attached hydrogens (tertiary/aromatic N) is 3. The second-order valence-electron chi connectivity index (χ2n) is 6.05. The van der Waals surface area contributed by atoms with E-state index in [9.17, 15) is 20.0 Å². The second kappa shape index (κ2) is 7.64. The number of carbonyl (C=O) groups is 1. The molecule has 0 radical (unpaired) electrons. The van der Waals surface area contributed by atoms with Crippen molar-refractivity contribution in [3.63, 3.8) is 0 Å². The van der Waals surface area contributed by atoms with Gasteiger partial charge in [-0.25, -0.2) is 9.78 Å². The normalized spacial score (nSPS) is 11.7. The molecule has 4 aromatic rings. The summed E-state index contributed by atoms with van der Waals surface area (Å²) in [6.45, 7) is 0. The van der Waals surface area contributed by atoms with E-state index in [0.717, 1.165) is 22.8 Å². The van der Waals surface area contributed by atoms with Gasteiger partial charge in [0, 0.05) is 24.0 Å². The summed E-state index contributed by atoms with van der Waals surface area (Å²) in [7, 11) is 0. The Morgan fingerprint density at radius 1 is 1.17 bits per heavy atom. The standard InChI is InChI=1S/C20H14N4O4S/c25-19(26)18(29-20-21-16-8-1-2-9-17(16)22-20)12-14-7-4-10-23(14)13-5-3-6-15(11-13)24(27)28/h1-12H,(H,21,22)(H,25,26)/b18-12-. The van der Waals surface area contributed by atoms with Crippen LogP contribution in [0.5, 0.6) is 0 Å². The van der Waals surface area contributed by atoms with Crippen LogP contribution in [0, 0.1) is 10.1 Å². The van der Waals surface area contributed by atoms with E-state index in [1.807, 2.05) is 24.3 Å². The van der Waals surface area contributed by atoms with Crippen LogP contribution in [0.4, 0.5) is 5.69 Å². The molecule has 9 heteroatoms. The summed E-state index contributed by atoms with van der Waals surface area (Å²) in [4.78, 5) is 29.9. The number of para-hydroxylation sites is 2. The van der Waals surface area contributed by atoms with Crippen molar-refractivity contribution in [3.8, 4) is 5.69 Å². The summed E-state index contributed by atoms with van der Waals surface area (Å²) in [6.07, 6.45) is 3.23. The molecule has 29 heavy (non-hydrogen) atoms. The monoisotopic (exact) mass is 406 g/mol. The van der Waals surface area contributed by atoms with Crippen molar-refractivity contribution < 1.29 is 14.8 Å². The van der Waals surface area contributed by atoms with Crippen LogP contribution in [0.2, 0.25) is 0 Å². The molecule has 8 nitrogen and oxygen atoms in total. The Labute approximate surface area is 168 Å². The average molecular weight is 406 g/mol. The van der Waals surface area contributed by atoms with Gasteiger partial charge in [-0.2, -0.15) is 0 Å². The summed E-state index contributed by atoms with van der Waals surface area (Å²) in [5.74, 6) is -1.10. The molecular weight excluding hydrogens is 392 g/mol. The lowest BCUT2D eigenvalue weighted by Gasteiger charge is -2.07. The van der Waals surface area contributed by atoms with Gasteiger partial charge in [-0.05, 0) is 48.2 Å². The molecule has 0 aliphatic carbocycles. The van der Waals surface area contributed by atoms with Gasteiger partial charge in [-0.15, -0.1) is 0 Å². The van der Waals surface area contributed by atoms with Gasteiger partial charge in [0.15, 0.2) is 5.16 Å². The molecule has 0 unspecified atom stereocenters. The zero-order valence-corrected chi connectivity index (χ0v) is 15.7. The zero-order valence-electron chi connectivity index (χ0n) is 14.9. The first-order valence-corrected chi connectivity index (χ1v) is 9.33. The number of benzene rings is 2. The number of hydrogen-bond acceptors (Lipinski definition) is 5. The SMILES string of the molecule is O=C(O)/C(=C/c1cccn1-c1cccc([N+](=O)[O-])c1)Sc1nc2ccccc2[nH]1. The van der Waals surface area contributed by atoms with Crippen LogP contribution in [0.25, 0.3) is 22.8 Å². The molecule has 0 aliphatic rings. The Balaban J connectivity index is 1.70. The predicted octanol–water partition coefficient (Wildman–Crippen LogP) is 4.48. The maximum atomic E-state index is 11.8. The van der Waals surface area contributed by atoms with Crippen LogP contribution < -0.4 is 0 Å². The number of carboxylic acids is 1. The topological polar surface area (TPSA) is 114 Å². The quantitative estimate of drug-likeness (QED) is 0.211. The number of H-pyrrole nitrogens is 1. The minimum absolute atomic E-state index is 0.0405. The molecule has 0 spiro atoms. The number of aliphatic carboxylic acids is 1. The van der Waals surface area contributed by atoms with Crippen LogP contribution in [0.3, 0.4) is 0 Å². The van der Waals surface area contributed by atoms with Crippen molar-refractivity contribution in [2.75, 3.05) is 0 Å². The molecule has 0 atom stereocenters. The van der Waals surface area contributed by atoms with Crippen LogP contribution in [-0.2, 0) is 4.79 Å². The van der Waals surface area contributed by atoms with E-state index in [0.29, 0.717) is 16.5 Å². The summed E-state index contributed by atoms with van der Waals surface area (Å²) in [6, 6.07) is 17.1. The zero-order chi connectivity index (χ0) is 20.4. The van der Waals surface area contributed by atoms with E-state index in [1.165, 1.54) is 18.2 Å². The number of rotatable bonds is 6. The first kappa shape index (κ1) is 18.5. The van der Waals surface area contributed by atoms with Gasteiger partial charge in [0.25, 0.3) is 5.69 Å². The number of hydrogen-bond donors (Lipinski definition) is 2. The van der Waals surface area contributed by atoms with Gasteiger partial charge in [0.1, 0.15) is 4.91 Å². The molecule has 144 valence electrons. The number of nitro groups is 1. The number of non-ortho nitro benzene ring substituents is 1. The lowest BCUT2D eigenvalue weighted by molar-refractivity contribution is -0.384. The maximum absolute atomic E-state index is 11.8. The van der Waals surface area contributed by atoms with Gasteiger partial charge >= 0.3 is 5.97 Å². The number of fused-ring (bicyclic) bond motifs is 1. The maximum Gasteiger partial charge on any atom is 0.342 e. The third kappa shape index (κ3) is 3.90. The summed E-state index contributed by atoms with van der Waals surface area (Å²) >= 11 is 1.01. The number of nitro benzene ring substituents is 1. The van der Waals surface area contributed by atoms with Crippen molar-refractivity contribution in [3.05, 3.63) is 87.6 Å². The van der Waals surface area contributed by atoms with E-state index in [4.69, 9.17) is 0 Å². The fraction of sp³-hybridized carbons (Fsp3) is 0. The number of aromatic amines is 1. The summed E-state index contributed by atoms with van der Waals surface area (Å²) < 4.78 is 1.69. The molecular formula is C20H14N4O4S. The highest BCUT2D eigenvalue weighted by Crippen LogP contribution is 2.29. The second-order valence-corrected chi connectivity index (χ2v) is 7.09. The number of carboxylic acid groups (broad SMARTS) is 1. The molecule has 4 rings (SSSR count). The predicted molar refractivity (Wildman–Crippen MR) is 110 cm³/mol. The molecule has 2 aromatic heterocycles. The Hall–Kier alpha value is -3.85.